The summed E-state index contributed by atoms with van der Waals surface area (Å²) in [7, 11) is -2.61. The minimum atomic E-state index is -4.08. The van der Waals surface area contributed by atoms with E-state index in [0.717, 1.165) is 0 Å². The van der Waals surface area contributed by atoms with Crippen LogP contribution in [0, 0.1) is 0 Å². The van der Waals surface area contributed by atoms with Crippen LogP contribution in [-0.2, 0) is 19.7 Å². The third kappa shape index (κ3) is 4.61. The van der Waals surface area contributed by atoms with Gasteiger partial charge in [0.15, 0.2) is 0 Å². The van der Waals surface area contributed by atoms with Crippen LogP contribution in [0.5, 0.6) is 5.75 Å². The summed E-state index contributed by atoms with van der Waals surface area (Å²) in [6.07, 6.45) is -1.19. The van der Waals surface area contributed by atoms with E-state index in [0.29, 0.717) is 5.75 Å². The SMILES string of the molecule is COc1ccc(S(=O)(=O)O)cc1.O=C1CC(O)C(=O)N1. The van der Waals surface area contributed by atoms with E-state index in [-0.39, 0.29) is 11.3 Å². The predicted octanol–water partition coefficient (Wildman–Crippen LogP) is -0.664. The lowest BCUT2D eigenvalue weighted by molar-refractivity contribution is -0.127. The predicted molar refractivity (Wildman–Crippen MR) is 66.6 cm³/mol. The first-order chi connectivity index (χ1) is 9.24. The molecule has 1 aromatic rings. The molecule has 1 atom stereocenters. The fourth-order valence-electron chi connectivity index (χ4n) is 1.29. The zero-order valence-corrected chi connectivity index (χ0v) is 11.3. The van der Waals surface area contributed by atoms with Crippen LogP contribution >= 0.6 is 0 Å². The molecule has 1 saturated heterocycles. The Labute approximate surface area is 115 Å². The van der Waals surface area contributed by atoms with Crippen molar-refractivity contribution < 1.29 is 32.4 Å². The number of imide groups is 1. The first-order valence-electron chi connectivity index (χ1n) is 5.37. The summed E-state index contributed by atoms with van der Waals surface area (Å²) in [4.78, 5) is 20.2. The number of aliphatic hydroxyl groups is 1. The molecule has 1 unspecified atom stereocenters. The molecule has 20 heavy (non-hydrogen) atoms. The molecule has 2 rings (SSSR count). The topological polar surface area (TPSA) is 130 Å². The van der Waals surface area contributed by atoms with E-state index in [4.69, 9.17) is 14.4 Å². The lowest BCUT2D eigenvalue weighted by Gasteiger charge is -1.99. The summed E-state index contributed by atoms with van der Waals surface area (Å²) in [5, 5.41) is 10.5. The largest absolute Gasteiger partial charge is 0.497 e. The normalized spacial score (nSPS) is 18.1. The second kappa shape index (κ2) is 6.46. The molecule has 8 nitrogen and oxygen atoms in total. The van der Waals surface area contributed by atoms with Gasteiger partial charge in [-0.05, 0) is 24.3 Å². The highest BCUT2D eigenvalue weighted by Gasteiger charge is 2.27. The van der Waals surface area contributed by atoms with Gasteiger partial charge in [-0.15, -0.1) is 0 Å². The number of hydrogen-bond donors (Lipinski definition) is 3. The Bertz CT molecular complexity index is 594. The molecule has 0 aliphatic carbocycles. The molecular formula is C11H13NO7S. The Morgan fingerprint density at radius 2 is 1.80 bits per heavy atom. The van der Waals surface area contributed by atoms with E-state index in [1.165, 1.54) is 31.4 Å². The van der Waals surface area contributed by atoms with Gasteiger partial charge in [0.1, 0.15) is 11.9 Å². The molecule has 1 aliphatic heterocycles. The van der Waals surface area contributed by atoms with E-state index in [9.17, 15) is 18.0 Å². The summed E-state index contributed by atoms with van der Waals surface area (Å²) in [6, 6.07) is 5.47. The van der Waals surface area contributed by atoms with E-state index >= 15 is 0 Å². The van der Waals surface area contributed by atoms with Crippen LogP contribution in [-0.4, -0.2) is 43.1 Å². The van der Waals surface area contributed by atoms with Gasteiger partial charge in [-0.25, -0.2) is 0 Å². The van der Waals surface area contributed by atoms with Crippen molar-refractivity contribution in [1.82, 2.24) is 5.32 Å². The molecule has 3 N–H and O–H groups in total. The zero-order chi connectivity index (χ0) is 15.3. The fraction of sp³-hybridized carbons (Fsp3) is 0.273. The van der Waals surface area contributed by atoms with Crippen LogP contribution in [0.4, 0.5) is 0 Å². The second-order valence-corrected chi connectivity index (χ2v) is 5.20. The van der Waals surface area contributed by atoms with Crippen molar-refractivity contribution in [2.24, 2.45) is 0 Å². The molecule has 1 aliphatic rings. The lowest BCUT2D eigenvalue weighted by atomic mass is 10.3. The molecule has 110 valence electrons. The van der Waals surface area contributed by atoms with Gasteiger partial charge in [0.2, 0.25) is 5.91 Å². The van der Waals surface area contributed by atoms with Gasteiger partial charge in [0.25, 0.3) is 16.0 Å². The Morgan fingerprint density at radius 1 is 1.25 bits per heavy atom. The second-order valence-electron chi connectivity index (χ2n) is 3.78. The van der Waals surface area contributed by atoms with Crippen LogP contribution in [0.2, 0.25) is 0 Å². The maximum atomic E-state index is 10.5. The van der Waals surface area contributed by atoms with Crippen LogP contribution in [0.25, 0.3) is 0 Å². The van der Waals surface area contributed by atoms with E-state index < -0.39 is 28.0 Å². The van der Waals surface area contributed by atoms with E-state index in [2.05, 4.69) is 0 Å². The first-order valence-corrected chi connectivity index (χ1v) is 6.81. The number of carbonyl (C=O) groups is 2. The fourth-order valence-corrected chi connectivity index (χ4v) is 1.77. The van der Waals surface area contributed by atoms with Gasteiger partial charge < -0.3 is 9.84 Å². The number of carbonyl (C=O) groups excluding carboxylic acids is 2. The smallest absolute Gasteiger partial charge is 0.294 e. The van der Waals surface area contributed by atoms with Gasteiger partial charge in [-0.3, -0.25) is 19.5 Å². The summed E-state index contributed by atoms with van der Waals surface area (Å²) < 4.78 is 34.5. The molecule has 0 saturated carbocycles. The molecule has 2 amide bonds. The average Bonchev–Trinajstić information content (AvgIpc) is 2.66. The molecule has 0 spiro atoms. The Morgan fingerprint density at radius 3 is 2.05 bits per heavy atom. The van der Waals surface area contributed by atoms with Gasteiger partial charge in [0, 0.05) is 0 Å². The van der Waals surface area contributed by atoms with Crippen molar-refractivity contribution in [2.45, 2.75) is 17.4 Å². The van der Waals surface area contributed by atoms with Crippen molar-refractivity contribution in [2.75, 3.05) is 7.11 Å². The van der Waals surface area contributed by atoms with Gasteiger partial charge in [-0.2, -0.15) is 8.42 Å². The van der Waals surface area contributed by atoms with Crippen molar-refractivity contribution in [3.8, 4) is 5.75 Å². The molecule has 0 bridgehead atoms. The maximum absolute atomic E-state index is 10.5. The third-order valence-corrected chi connectivity index (χ3v) is 3.17. The Kier molecular flexibility index (Phi) is 5.19. The summed E-state index contributed by atoms with van der Waals surface area (Å²) in [5.74, 6) is -0.445. The summed E-state index contributed by atoms with van der Waals surface area (Å²) >= 11 is 0. The van der Waals surface area contributed by atoms with Gasteiger partial charge >= 0.3 is 0 Å². The number of rotatable bonds is 2. The molecular weight excluding hydrogens is 290 g/mol. The highest BCUT2D eigenvalue weighted by Crippen LogP contribution is 2.14. The number of methoxy groups -OCH3 is 1. The van der Waals surface area contributed by atoms with Crippen molar-refractivity contribution in [3.63, 3.8) is 0 Å². The van der Waals surface area contributed by atoms with Crippen molar-refractivity contribution >= 4 is 21.9 Å². The van der Waals surface area contributed by atoms with Crippen LogP contribution in [0.15, 0.2) is 29.2 Å². The highest BCUT2D eigenvalue weighted by molar-refractivity contribution is 7.85. The third-order valence-electron chi connectivity index (χ3n) is 2.30. The number of hydrogen-bond acceptors (Lipinski definition) is 6. The molecule has 1 fully saturated rings. The summed E-state index contributed by atoms with van der Waals surface area (Å²) in [6.45, 7) is 0. The monoisotopic (exact) mass is 303 g/mol. The van der Waals surface area contributed by atoms with Crippen LogP contribution < -0.4 is 10.1 Å². The first kappa shape index (κ1) is 16.1. The average molecular weight is 303 g/mol. The number of aliphatic hydroxyl groups excluding tert-OH is 1. The lowest BCUT2D eigenvalue weighted by Crippen LogP contribution is -2.24. The number of nitrogens with one attached hydrogen (secondary N) is 1. The molecule has 1 heterocycles. The summed E-state index contributed by atoms with van der Waals surface area (Å²) in [5.41, 5.74) is 0. The standard InChI is InChI=1S/C7H8O4S.C4H5NO3/c1-11-6-2-4-7(5-3-6)12(8,9)10;6-2-1-3(7)5-4(2)8/h2-5H,1H3,(H,8,9,10);2,6H,1H2,(H,5,7,8). The zero-order valence-electron chi connectivity index (χ0n) is 10.4. The minimum absolute atomic E-state index is 0.0845. The quantitative estimate of drug-likeness (QED) is 0.488. The molecule has 1 aromatic carbocycles. The Balaban J connectivity index is 0.000000217. The highest BCUT2D eigenvalue weighted by atomic mass is 32.2. The number of ether oxygens (including phenoxy) is 1. The van der Waals surface area contributed by atoms with Crippen molar-refractivity contribution in [1.29, 1.82) is 0 Å². The number of amides is 2. The number of benzene rings is 1. The minimum Gasteiger partial charge on any atom is -0.497 e. The van der Waals surface area contributed by atoms with Crippen molar-refractivity contribution in [3.05, 3.63) is 24.3 Å². The van der Waals surface area contributed by atoms with E-state index in [1.54, 1.807) is 0 Å². The van der Waals surface area contributed by atoms with Gasteiger partial charge in [0.05, 0.1) is 18.4 Å². The molecule has 0 radical (unpaired) electrons. The Hall–Kier alpha value is -1.97. The van der Waals surface area contributed by atoms with E-state index in [1.807, 2.05) is 5.32 Å². The molecule has 9 heteroatoms. The van der Waals surface area contributed by atoms with Crippen LogP contribution in [0.3, 0.4) is 0 Å². The maximum Gasteiger partial charge on any atom is 0.294 e. The van der Waals surface area contributed by atoms with Gasteiger partial charge in [-0.1, -0.05) is 0 Å². The van der Waals surface area contributed by atoms with Crippen LogP contribution in [0.1, 0.15) is 6.42 Å². The molecule has 0 aromatic heterocycles.